The van der Waals surface area contributed by atoms with E-state index in [9.17, 15) is 15.1 Å². The third-order valence-corrected chi connectivity index (χ3v) is 6.25. The van der Waals surface area contributed by atoms with E-state index in [2.05, 4.69) is 0 Å². The molecule has 1 atom stereocenters. The lowest BCUT2D eigenvalue weighted by Crippen LogP contribution is -2.29. The van der Waals surface area contributed by atoms with Crippen LogP contribution in [0.15, 0.2) is 102 Å². The Morgan fingerprint density at radius 1 is 0.788 bits per heavy atom. The van der Waals surface area contributed by atoms with Crippen LogP contribution in [-0.2, 0) is 12.8 Å². The van der Waals surface area contributed by atoms with Gasteiger partial charge in [-0.2, -0.15) is 4.73 Å². The van der Waals surface area contributed by atoms with E-state index in [1.165, 1.54) is 0 Å². The van der Waals surface area contributed by atoms with Crippen molar-refractivity contribution in [2.24, 2.45) is 0 Å². The Bertz CT molecular complexity index is 1190. The van der Waals surface area contributed by atoms with Gasteiger partial charge < -0.3 is 10.3 Å². The molecule has 0 amide bonds. The molecule has 0 fully saturated rings. The predicted molar refractivity (Wildman–Crippen MR) is 131 cm³/mol. The molecule has 4 heteroatoms. The molecule has 0 radical (unpaired) electrons. The zero-order valence-electron chi connectivity index (χ0n) is 18.8. The monoisotopic (exact) mass is 439 g/mol. The van der Waals surface area contributed by atoms with Crippen molar-refractivity contribution in [2.45, 2.75) is 38.0 Å². The Morgan fingerprint density at radius 2 is 1.27 bits per heavy atom. The first-order chi connectivity index (χ1) is 16.1. The van der Waals surface area contributed by atoms with E-state index in [-0.39, 0.29) is 23.1 Å². The second-order valence-electron chi connectivity index (χ2n) is 8.43. The average Bonchev–Trinajstić information content (AvgIpc) is 2.85. The summed E-state index contributed by atoms with van der Waals surface area (Å²) >= 11 is 0. The number of rotatable bonds is 8. The minimum Gasteiger partial charge on any atom is -0.507 e. The Labute approximate surface area is 194 Å². The van der Waals surface area contributed by atoms with Crippen molar-refractivity contribution in [2.75, 3.05) is 0 Å². The minimum atomic E-state index is -0.563. The fourth-order valence-corrected chi connectivity index (χ4v) is 4.61. The molecule has 1 aromatic heterocycles. The summed E-state index contributed by atoms with van der Waals surface area (Å²) in [4.78, 5) is 13.3. The van der Waals surface area contributed by atoms with Crippen molar-refractivity contribution >= 4 is 0 Å². The summed E-state index contributed by atoms with van der Waals surface area (Å²) in [7, 11) is 0. The van der Waals surface area contributed by atoms with E-state index in [1.54, 1.807) is 6.07 Å². The standard InChI is InChI=1S/C29H29NO3/c1-2-25(23-16-10-5-11-17-23)28-27(31)20-26(30(33)29(28)32)24(18-21-12-6-3-7-13-21)19-22-14-8-4-9-15-22/h3-17,20,24-25,31,33H,2,18-19H2,1H3. The lowest BCUT2D eigenvalue weighted by molar-refractivity contribution is 0.157. The average molecular weight is 440 g/mol. The molecule has 3 aromatic carbocycles. The van der Waals surface area contributed by atoms with Crippen molar-refractivity contribution in [3.63, 3.8) is 0 Å². The zero-order valence-corrected chi connectivity index (χ0v) is 18.8. The number of nitrogens with zero attached hydrogens (tertiary/aromatic N) is 1. The van der Waals surface area contributed by atoms with Gasteiger partial charge in [-0.25, -0.2) is 0 Å². The summed E-state index contributed by atoms with van der Waals surface area (Å²) in [6.07, 6.45) is 1.89. The summed E-state index contributed by atoms with van der Waals surface area (Å²) in [5.74, 6) is -0.556. The molecule has 0 aliphatic rings. The lowest BCUT2D eigenvalue weighted by atomic mass is 9.86. The van der Waals surface area contributed by atoms with Crippen molar-refractivity contribution in [1.82, 2.24) is 4.73 Å². The van der Waals surface area contributed by atoms with Crippen LogP contribution in [0.25, 0.3) is 0 Å². The number of aromatic hydroxyl groups is 1. The normalized spacial score (nSPS) is 12.1. The van der Waals surface area contributed by atoms with Crippen LogP contribution >= 0.6 is 0 Å². The van der Waals surface area contributed by atoms with Crippen LogP contribution in [0.5, 0.6) is 5.75 Å². The highest BCUT2D eigenvalue weighted by molar-refractivity contribution is 5.42. The third kappa shape index (κ3) is 5.01. The molecule has 0 saturated carbocycles. The number of aromatic nitrogens is 1. The smallest absolute Gasteiger partial charge is 0.290 e. The molecule has 1 unspecified atom stereocenters. The maximum atomic E-state index is 13.3. The number of hydrogen-bond acceptors (Lipinski definition) is 3. The van der Waals surface area contributed by atoms with Crippen LogP contribution in [0.2, 0.25) is 0 Å². The van der Waals surface area contributed by atoms with Crippen LogP contribution in [0.1, 0.15) is 53.1 Å². The molecule has 4 rings (SSSR count). The first kappa shape index (κ1) is 22.4. The summed E-state index contributed by atoms with van der Waals surface area (Å²) < 4.78 is 0.747. The van der Waals surface area contributed by atoms with E-state index >= 15 is 0 Å². The predicted octanol–water partition coefficient (Wildman–Crippen LogP) is 5.90. The van der Waals surface area contributed by atoms with E-state index in [4.69, 9.17) is 0 Å². The van der Waals surface area contributed by atoms with Gasteiger partial charge in [0.2, 0.25) is 0 Å². The summed E-state index contributed by atoms with van der Waals surface area (Å²) in [5, 5.41) is 22.0. The van der Waals surface area contributed by atoms with Crippen LogP contribution < -0.4 is 5.56 Å². The van der Waals surface area contributed by atoms with Gasteiger partial charge in [-0.05, 0) is 36.0 Å². The van der Waals surface area contributed by atoms with Gasteiger partial charge in [0.15, 0.2) is 0 Å². The summed E-state index contributed by atoms with van der Waals surface area (Å²) in [6.45, 7) is 1.97. The zero-order chi connectivity index (χ0) is 23.2. The highest BCUT2D eigenvalue weighted by atomic mass is 16.5. The maximum Gasteiger partial charge on any atom is 0.290 e. The Balaban J connectivity index is 1.78. The number of benzene rings is 3. The fraction of sp³-hybridized carbons (Fsp3) is 0.207. The molecule has 0 saturated heterocycles. The van der Waals surface area contributed by atoms with Crippen LogP contribution in [0.4, 0.5) is 0 Å². The second-order valence-corrected chi connectivity index (χ2v) is 8.43. The molecule has 2 N–H and O–H groups in total. The van der Waals surface area contributed by atoms with Gasteiger partial charge >= 0.3 is 0 Å². The Hall–Kier alpha value is -3.79. The molecule has 4 aromatic rings. The van der Waals surface area contributed by atoms with Gasteiger partial charge in [-0.3, -0.25) is 4.79 Å². The first-order valence-electron chi connectivity index (χ1n) is 11.4. The molecular weight excluding hydrogens is 410 g/mol. The molecule has 0 bridgehead atoms. The first-order valence-corrected chi connectivity index (χ1v) is 11.4. The molecule has 0 aliphatic heterocycles. The Kier molecular flexibility index (Phi) is 6.94. The maximum absolute atomic E-state index is 13.3. The third-order valence-electron chi connectivity index (χ3n) is 6.25. The molecule has 4 nitrogen and oxygen atoms in total. The highest BCUT2D eigenvalue weighted by Crippen LogP contribution is 2.34. The topological polar surface area (TPSA) is 62.5 Å². The van der Waals surface area contributed by atoms with Gasteiger partial charge in [0.25, 0.3) is 5.56 Å². The largest absolute Gasteiger partial charge is 0.507 e. The van der Waals surface area contributed by atoms with Gasteiger partial charge in [-0.15, -0.1) is 0 Å². The molecule has 168 valence electrons. The summed E-state index contributed by atoms with van der Waals surface area (Å²) in [5.41, 5.74) is 3.22. The van der Waals surface area contributed by atoms with E-state index in [1.807, 2.05) is 97.9 Å². The molecule has 0 spiro atoms. The summed E-state index contributed by atoms with van der Waals surface area (Å²) in [6, 6.07) is 31.2. The fourth-order valence-electron chi connectivity index (χ4n) is 4.61. The van der Waals surface area contributed by atoms with Gasteiger partial charge in [0.1, 0.15) is 5.75 Å². The van der Waals surface area contributed by atoms with Gasteiger partial charge in [-0.1, -0.05) is 97.9 Å². The molecular formula is C29H29NO3. The van der Waals surface area contributed by atoms with E-state index < -0.39 is 5.56 Å². The van der Waals surface area contributed by atoms with Crippen LogP contribution in [0.3, 0.4) is 0 Å². The molecule has 0 aliphatic carbocycles. The van der Waals surface area contributed by atoms with Crippen molar-refractivity contribution in [3.8, 4) is 5.75 Å². The molecule has 33 heavy (non-hydrogen) atoms. The van der Waals surface area contributed by atoms with Crippen LogP contribution in [-0.4, -0.2) is 15.0 Å². The van der Waals surface area contributed by atoms with Crippen molar-refractivity contribution < 1.29 is 10.3 Å². The van der Waals surface area contributed by atoms with Crippen LogP contribution in [0, 0.1) is 0 Å². The van der Waals surface area contributed by atoms with E-state index in [0.29, 0.717) is 25.0 Å². The number of pyridine rings is 1. The van der Waals surface area contributed by atoms with Gasteiger partial charge in [0.05, 0.1) is 11.3 Å². The quantitative estimate of drug-likeness (QED) is 0.336. The SMILES string of the molecule is CCC(c1ccccc1)c1c(O)cc(C(Cc2ccccc2)Cc2ccccc2)n(O)c1=O. The highest BCUT2D eigenvalue weighted by Gasteiger charge is 2.26. The minimum absolute atomic E-state index is 0.0675. The van der Waals surface area contributed by atoms with Gasteiger partial charge in [0, 0.05) is 17.9 Å². The number of hydrogen-bond donors (Lipinski definition) is 2. The molecule has 1 heterocycles. The second kappa shape index (κ2) is 10.2. The Morgan fingerprint density at radius 3 is 1.76 bits per heavy atom. The lowest BCUT2D eigenvalue weighted by Gasteiger charge is -2.23. The van der Waals surface area contributed by atoms with E-state index in [0.717, 1.165) is 21.4 Å². The van der Waals surface area contributed by atoms with Crippen molar-refractivity contribution in [1.29, 1.82) is 0 Å². The van der Waals surface area contributed by atoms with Crippen molar-refractivity contribution in [3.05, 3.63) is 135 Å².